The molecule has 0 amide bonds. The van der Waals surface area contributed by atoms with Crippen molar-refractivity contribution < 1.29 is 0 Å². The molecule has 0 fully saturated rings. The van der Waals surface area contributed by atoms with Gasteiger partial charge < -0.3 is 0 Å². The summed E-state index contributed by atoms with van der Waals surface area (Å²) in [4.78, 5) is 3.98. The second-order valence-electron chi connectivity index (χ2n) is 4.09. The zero-order valence-corrected chi connectivity index (χ0v) is 12.3. The maximum absolute atomic E-state index is 2.24. The van der Waals surface area contributed by atoms with Gasteiger partial charge in [-0.1, -0.05) is 43.3 Å². The molecule has 2 rings (SSSR count). The average molecular weight is 274 g/mol. The number of rotatable bonds is 6. The van der Waals surface area contributed by atoms with Gasteiger partial charge in [-0.3, -0.25) is 0 Å². The molecule has 0 unspecified atom stereocenters. The number of hydrogen-bond acceptors (Lipinski definition) is 2. The van der Waals surface area contributed by atoms with E-state index in [1.165, 1.54) is 33.3 Å². The third kappa shape index (κ3) is 4.43. The molecular weight excluding hydrogens is 256 g/mol. The highest BCUT2D eigenvalue weighted by Crippen LogP contribution is 2.29. The Morgan fingerprint density at radius 1 is 0.778 bits per heavy atom. The van der Waals surface area contributed by atoms with Gasteiger partial charge in [0.05, 0.1) is 0 Å². The molecule has 0 N–H and O–H groups in total. The fourth-order valence-electron chi connectivity index (χ4n) is 1.56. The normalized spacial score (nSPS) is 10.5. The molecule has 0 saturated carbocycles. The van der Waals surface area contributed by atoms with E-state index >= 15 is 0 Å². The minimum Gasteiger partial charge on any atom is -0.126 e. The van der Waals surface area contributed by atoms with Gasteiger partial charge in [-0.15, -0.1) is 11.8 Å². The topological polar surface area (TPSA) is 0 Å². The molecule has 0 saturated heterocycles. The Bertz CT molecular complexity index is 448. The lowest BCUT2D eigenvalue weighted by Gasteiger charge is -2.04. The lowest BCUT2D eigenvalue weighted by molar-refractivity contribution is 0.896. The second kappa shape index (κ2) is 7.55. The maximum Gasteiger partial charge on any atom is 0.0123 e. The van der Waals surface area contributed by atoms with Crippen LogP contribution in [0.4, 0.5) is 0 Å². The van der Waals surface area contributed by atoms with Crippen molar-refractivity contribution in [3.05, 3.63) is 54.6 Å². The smallest absolute Gasteiger partial charge is 0.0123 e. The van der Waals surface area contributed by atoms with Crippen LogP contribution in [0.15, 0.2) is 69.3 Å². The molecule has 18 heavy (non-hydrogen) atoms. The van der Waals surface area contributed by atoms with Gasteiger partial charge in [0, 0.05) is 14.7 Å². The Balaban J connectivity index is 1.91. The summed E-state index contributed by atoms with van der Waals surface area (Å²) in [6, 6.07) is 19.4. The molecule has 0 radical (unpaired) electrons. The summed E-state index contributed by atoms with van der Waals surface area (Å²) in [6.07, 6.45) is 2.57. The molecule has 0 aromatic heterocycles. The number of thioether (sulfide) groups is 1. The Kier molecular flexibility index (Phi) is 5.69. The molecule has 0 aliphatic rings. The van der Waals surface area contributed by atoms with Crippen LogP contribution in [0.25, 0.3) is 0 Å². The molecule has 94 valence electrons. The summed E-state index contributed by atoms with van der Waals surface area (Å²) in [5.41, 5.74) is 0. The summed E-state index contributed by atoms with van der Waals surface area (Å²) in [5.74, 6) is 1.22. The molecular formula is C16H18S2. The average Bonchev–Trinajstić information content (AvgIpc) is 2.42. The van der Waals surface area contributed by atoms with Gasteiger partial charge in [0.15, 0.2) is 0 Å². The van der Waals surface area contributed by atoms with Crippen LogP contribution in [0, 0.1) is 0 Å². The van der Waals surface area contributed by atoms with Crippen molar-refractivity contribution in [3.63, 3.8) is 0 Å². The van der Waals surface area contributed by atoms with E-state index in [2.05, 4.69) is 61.5 Å². The molecule has 0 heterocycles. The molecule has 0 spiro atoms. The first-order valence-corrected chi connectivity index (χ1v) is 8.14. The quantitative estimate of drug-likeness (QED) is 0.487. The standard InChI is InChI=1S/C16H18S2/c1-2-3-13-17-14-9-11-16(12-10-14)18-15-7-5-4-6-8-15/h4-12H,2-3,13H2,1H3. The summed E-state index contributed by atoms with van der Waals surface area (Å²) in [7, 11) is 0. The van der Waals surface area contributed by atoms with E-state index < -0.39 is 0 Å². The van der Waals surface area contributed by atoms with Crippen LogP contribution in [0.5, 0.6) is 0 Å². The van der Waals surface area contributed by atoms with Gasteiger partial charge in [0.2, 0.25) is 0 Å². The lowest BCUT2D eigenvalue weighted by Crippen LogP contribution is -1.79. The predicted molar refractivity (Wildman–Crippen MR) is 82.6 cm³/mol. The molecule has 0 atom stereocenters. The number of unbranched alkanes of at least 4 members (excludes halogenated alkanes) is 1. The van der Waals surface area contributed by atoms with E-state index in [4.69, 9.17) is 0 Å². The fourth-order valence-corrected chi connectivity index (χ4v) is 3.40. The largest absolute Gasteiger partial charge is 0.126 e. The highest BCUT2D eigenvalue weighted by atomic mass is 32.2. The van der Waals surface area contributed by atoms with Crippen molar-refractivity contribution in [2.24, 2.45) is 0 Å². The Morgan fingerprint density at radius 3 is 2.06 bits per heavy atom. The van der Waals surface area contributed by atoms with Crippen LogP contribution in [-0.4, -0.2) is 5.75 Å². The predicted octanol–water partition coefficient (Wildman–Crippen LogP) is 5.73. The Hall–Kier alpha value is -0.860. The minimum absolute atomic E-state index is 1.22. The van der Waals surface area contributed by atoms with Crippen LogP contribution in [0.2, 0.25) is 0 Å². The van der Waals surface area contributed by atoms with E-state index in [1.54, 1.807) is 0 Å². The lowest BCUT2D eigenvalue weighted by atomic mass is 10.4. The molecule has 0 aliphatic carbocycles. The first kappa shape index (κ1) is 13.6. The maximum atomic E-state index is 2.24. The van der Waals surface area contributed by atoms with Gasteiger partial charge in [-0.2, -0.15) is 0 Å². The van der Waals surface area contributed by atoms with E-state index in [0.717, 1.165) is 0 Å². The van der Waals surface area contributed by atoms with Gasteiger partial charge in [-0.25, -0.2) is 0 Å². The summed E-state index contributed by atoms with van der Waals surface area (Å²) < 4.78 is 0. The van der Waals surface area contributed by atoms with Crippen molar-refractivity contribution in [1.82, 2.24) is 0 Å². The van der Waals surface area contributed by atoms with Gasteiger partial charge >= 0.3 is 0 Å². The first-order valence-electron chi connectivity index (χ1n) is 6.34. The molecule has 0 nitrogen and oxygen atoms in total. The minimum atomic E-state index is 1.22. The van der Waals surface area contributed by atoms with Crippen molar-refractivity contribution in [2.75, 3.05) is 5.75 Å². The van der Waals surface area contributed by atoms with E-state index in [9.17, 15) is 0 Å². The van der Waals surface area contributed by atoms with Crippen LogP contribution in [-0.2, 0) is 0 Å². The van der Waals surface area contributed by atoms with Crippen LogP contribution < -0.4 is 0 Å². The summed E-state index contributed by atoms with van der Waals surface area (Å²) in [6.45, 7) is 2.24. The zero-order chi connectivity index (χ0) is 12.6. The van der Waals surface area contributed by atoms with Crippen molar-refractivity contribution in [3.8, 4) is 0 Å². The van der Waals surface area contributed by atoms with Crippen LogP contribution in [0.3, 0.4) is 0 Å². The van der Waals surface area contributed by atoms with E-state index in [1.807, 2.05) is 23.5 Å². The second-order valence-corrected chi connectivity index (χ2v) is 6.40. The molecule has 2 aromatic carbocycles. The van der Waals surface area contributed by atoms with E-state index in [0.29, 0.717) is 0 Å². The summed E-state index contributed by atoms with van der Waals surface area (Å²) >= 11 is 3.77. The molecule has 2 heteroatoms. The Labute approximate surface area is 118 Å². The third-order valence-corrected chi connectivity index (χ3v) is 4.68. The SMILES string of the molecule is CCCCSc1ccc(Sc2ccccc2)cc1. The number of benzene rings is 2. The van der Waals surface area contributed by atoms with Gasteiger partial charge in [0.25, 0.3) is 0 Å². The fraction of sp³-hybridized carbons (Fsp3) is 0.250. The molecule has 0 bridgehead atoms. The van der Waals surface area contributed by atoms with Crippen LogP contribution >= 0.6 is 23.5 Å². The first-order chi connectivity index (χ1) is 8.88. The highest BCUT2D eigenvalue weighted by molar-refractivity contribution is 7.99. The van der Waals surface area contributed by atoms with Crippen LogP contribution in [0.1, 0.15) is 19.8 Å². The third-order valence-electron chi connectivity index (χ3n) is 2.57. The van der Waals surface area contributed by atoms with Gasteiger partial charge in [0.1, 0.15) is 0 Å². The monoisotopic (exact) mass is 274 g/mol. The summed E-state index contributed by atoms with van der Waals surface area (Å²) in [5, 5.41) is 0. The van der Waals surface area contributed by atoms with E-state index in [-0.39, 0.29) is 0 Å². The molecule has 2 aromatic rings. The number of hydrogen-bond donors (Lipinski definition) is 0. The zero-order valence-electron chi connectivity index (χ0n) is 10.6. The van der Waals surface area contributed by atoms with Crippen molar-refractivity contribution in [1.29, 1.82) is 0 Å². The van der Waals surface area contributed by atoms with Crippen molar-refractivity contribution in [2.45, 2.75) is 34.5 Å². The van der Waals surface area contributed by atoms with Gasteiger partial charge in [-0.05, 0) is 48.6 Å². The Morgan fingerprint density at radius 2 is 1.39 bits per heavy atom. The highest BCUT2D eigenvalue weighted by Gasteiger charge is 1.98. The molecule has 0 aliphatic heterocycles. The van der Waals surface area contributed by atoms with Crippen molar-refractivity contribution >= 4 is 23.5 Å².